The van der Waals surface area contributed by atoms with E-state index in [0.29, 0.717) is 17.7 Å². The Kier molecular flexibility index (Phi) is 20.0. The molecule has 0 aromatic carbocycles. The molecule has 0 spiro atoms. The van der Waals surface area contributed by atoms with Crippen molar-refractivity contribution in [2.45, 2.75) is 286 Å². The summed E-state index contributed by atoms with van der Waals surface area (Å²) >= 11 is 0. The highest BCUT2D eigenvalue weighted by molar-refractivity contribution is 6.25. The van der Waals surface area contributed by atoms with Gasteiger partial charge in [0.15, 0.2) is 17.2 Å². The van der Waals surface area contributed by atoms with E-state index in [4.69, 9.17) is 55.1 Å². The Hall–Kier alpha value is -3.49. The Morgan fingerprint density at radius 1 is 0.510 bits per heavy atom. The van der Waals surface area contributed by atoms with Gasteiger partial charge >= 0.3 is 5.97 Å². The van der Waals surface area contributed by atoms with Crippen molar-refractivity contribution in [3.63, 3.8) is 0 Å². The third-order valence-corrected chi connectivity index (χ3v) is 27.7. The molecule has 4 fully saturated rings. The van der Waals surface area contributed by atoms with Gasteiger partial charge < -0.3 is 111 Å². The molecule has 25 nitrogen and oxygen atoms in total. The summed E-state index contributed by atoms with van der Waals surface area (Å²) in [7, 11) is 0. The maximum Gasteiger partial charge on any atom is 0.343 e. The molecule has 0 radical (unpaired) electrons. The fourth-order valence-electron chi connectivity index (χ4n) is 17.0. The van der Waals surface area contributed by atoms with Gasteiger partial charge in [-0.25, -0.2) is 4.79 Å². The summed E-state index contributed by atoms with van der Waals surface area (Å²) in [5, 5.41) is 121. The third kappa shape index (κ3) is 10.1. The summed E-state index contributed by atoms with van der Waals surface area (Å²) in [5.74, 6) is -4.21. The van der Waals surface area contributed by atoms with Crippen molar-refractivity contribution in [2.75, 3.05) is 66.1 Å². The molecule has 0 saturated carbocycles. The van der Waals surface area contributed by atoms with Crippen LogP contribution in [0.5, 0.6) is 0 Å². The molecule has 6 aliphatic heterocycles. The van der Waals surface area contributed by atoms with E-state index in [1.165, 1.54) is 75.4 Å². The van der Waals surface area contributed by atoms with Crippen LogP contribution in [-0.4, -0.2) is 240 Å². The lowest BCUT2D eigenvalue weighted by Gasteiger charge is -2.72. The van der Waals surface area contributed by atoms with Gasteiger partial charge in [-0.3, -0.25) is 9.59 Å². The minimum atomic E-state index is -2.24. The lowest BCUT2D eigenvalue weighted by molar-refractivity contribution is -0.409. The summed E-state index contributed by atoms with van der Waals surface area (Å²) in [5.41, 5.74) is -15.3. The molecule has 6 heterocycles. The summed E-state index contributed by atoms with van der Waals surface area (Å²) in [6.07, 6.45) is 10.5. The van der Waals surface area contributed by atoms with E-state index >= 15 is 4.79 Å². The Morgan fingerprint density at radius 3 is 1.36 bits per heavy atom. The molecule has 9 unspecified atom stereocenters. The third-order valence-electron chi connectivity index (χ3n) is 27.7. The second-order valence-electron chi connectivity index (χ2n) is 33.2. The van der Waals surface area contributed by atoms with Crippen LogP contribution >= 0.6 is 0 Å². The average Bonchev–Trinajstić information content (AvgIpc) is 0.803. The lowest BCUT2D eigenvalue weighted by Crippen LogP contribution is -2.88. The van der Waals surface area contributed by atoms with Crippen LogP contribution in [0.2, 0.25) is 0 Å². The first-order valence-corrected chi connectivity index (χ1v) is 33.6. The number of allylic oxidation sites excluding steroid dienone is 4. The zero-order valence-corrected chi connectivity index (χ0v) is 61.4. The van der Waals surface area contributed by atoms with Gasteiger partial charge in [0, 0.05) is 29.5 Å². The molecular formula is C71H118N4O21. The van der Waals surface area contributed by atoms with Gasteiger partial charge in [-0.15, -0.1) is 0 Å². The van der Waals surface area contributed by atoms with Crippen LogP contribution in [0.15, 0.2) is 58.5 Å². The van der Waals surface area contributed by atoms with Gasteiger partial charge in [-0.1, -0.05) is 46.6 Å². The topological polar surface area (TPSA) is 409 Å². The highest BCUT2D eigenvalue weighted by Gasteiger charge is 2.79. The number of aliphatic hydroxyl groups excluding tert-OH is 4. The molecule has 0 amide bonds. The number of ether oxygens (including phenoxy) is 8. The van der Waals surface area contributed by atoms with Crippen LogP contribution in [-0.2, 0) is 52.3 Å². The molecule has 16 N–H and O–H groups in total. The lowest BCUT2D eigenvalue weighted by atomic mass is 9.50. The minimum Gasteiger partial charge on any atom is -0.442 e. The number of hydrogen-bond acceptors (Lipinski definition) is 25. The SMILES string of the molecule is C/C=C/C1=CC2=CC3=C(C(=O)CCCCC)C(=O)OC3(C)C(=O)C2=CN1C1(C)[C@](C)(O)[C@](C)(COC[C@]2(C)OC(C)(CO)[C@@](C)(COC[C@]3(C)OC(C)(CO)[C@@](C)(O)[C@@](C)(O)C3(C)N)[C@@](C)(O)C2(C)N)C(C)(CO)O[C@@]1(C)COC[C@]1(C)C(C)(CO)O[C@@](C)(O)C(C)(N)[C@]1(C)O. The first kappa shape index (κ1) is 79.8. The number of carbonyl (C=O) groups excluding carboxylic acids is 3. The molecule has 96 heavy (non-hydrogen) atoms. The second-order valence-corrected chi connectivity index (χ2v) is 33.2. The van der Waals surface area contributed by atoms with E-state index in [1.54, 1.807) is 112 Å². The number of nitrogens with zero attached hydrogens (tertiary/aromatic N) is 1. The molecule has 548 valence electrons. The Bertz CT molecular complexity index is 3240. The minimum absolute atomic E-state index is 0.0362. The molecule has 21 atom stereocenters. The number of carbonyl (C=O) groups is 3. The summed E-state index contributed by atoms with van der Waals surface area (Å²) in [6.45, 7) is 30.1. The maximum atomic E-state index is 15.4. The zero-order chi connectivity index (χ0) is 73.8. The van der Waals surface area contributed by atoms with Crippen molar-refractivity contribution in [3.05, 3.63) is 58.5 Å². The first-order chi connectivity index (χ1) is 43.2. The number of fused-ring (bicyclic) bond motifs is 2. The first-order valence-electron chi connectivity index (χ1n) is 33.6. The summed E-state index contributed by atoms with van der Waals surface area (Å²) in [4.78, 5) is 44.6. The average molecular weight is 1360 g/mol. The van der Waals surface area contributed by atoms with Gasteiger partial charge in [0.25, 0.3) is 0 Å². The Balaban J connectivity index is 1.32. The maximum absolute atomic E-state index is 15.4. The number of unbranched alkanes of at least 4 members (excludes halogenated alkanes) is 2. The van der Waals surface area contributed by atoms with E-state index in [9.17, 15) is 60.7 Å². The van der Waals surface area contributed by atoms with E-state index in [-0.39, 0.29) is 36.4 Å². The van der Waals surface area contributed by atoms with Gasteiger partial charge in [-0.2, -0.15) is 0 Å². The van der Waals surface area contributed by atoms with Crippen molar-refractivity contribution in [3.8, 4) is 0 Å². The molecule has 7 rings (SSSR count). The van der Waals surface area contributed by atoms with Crippen molar-refractivity contribution in [1.82, 2.24) is 4.90 Å². The number of Topliss-reactive ketones (excluding diaryl/α,β-unsaturated/α-hetero) is 2. The number of rotatable bonds is 23. The Labute approximate surface area is 567 Å². The molecular weight excluding hydrogens is 1240 g/mol. The number of esters is 1. The molecule has 0 bridgehead atoms. The molecule has 7 aliphatic rings. The molecule has 1 aliphatic carbocycles. The quantitative estimate of drug-likeness (QED) is 0.0397. The highest BCUT2D eigenvalue weighted by Crippen LogP contribution is 2.64. The van der Waals surface area contributed by atoms with Gasteiger partial charge in [0.2, 0.25) is 5.78 Å². The monoisotopic (exact) mass is 1360 g/mol. The standard InChI is InChI=1S/C71H118N4O21/c1-24-26-27-29-47(80)48-46-31-43-30-44(28-25-2)75(32-45(43)49(81)61(46,13)92-50(48)82)65(17)60(12,42-91-38-52(4)56(8,35-78)96-71(23,88)64(16,74)67(52,19)84)94-55(7,34-77)53(5,68(65,20)85)39-90-40-58(10)62(14,72)66(18,83)51(3,54(6,33-76)93-58)37-89-41-59(11)63(15,73)70(22,87)69(21,86)57(9,36-79)95-59/h25,28,30-32,76-79,83-88H,24,26-27,29,33-42,72-74H2,1-23H3/b28-25+/t51-,52-,53-,54?,55?,56?,57?,58+,59+,60+,61?,62?,63?,64?,65?,66-,67-,68-,69-,70+,71-/m1/s1. The predicted octanol–water partition coefficient (Wildman–Crippen LogP) is 2.76. The van der Waals surface area contributed by atoms with E-state index < -0.39 is 187 Å². The fraction of sp³-hybridized carbons (Fsp3) is 0.817. The van der Waals surface area contributed by atoms with Crippen LogP contribution in [0, 0.1) is 16.2 Å². The van der Waals surface area contributed by atoms with Crippen molar-refractivity contribution >= 4 is 17.5 Å². The number of ketones is 2. The number of hydrogen-bond donors (Lipinski definition) is 13. The van der Waals surface area contributed by atoms with E-state index in [0.717, 1.165) is 12.8 Å². The van der Waals surface area contributed by atoms with Crippen molar-refractivity contribution in [2.24, 2.45) is 33.4 Å². The smallest absolute Gasteiger partial charge is 0.343 e. The fourth-order valence-corrected chi connectivity index (χ4v) is 17.0. The highest BCUT2D eigenvalue weighted by atomic mass is 16.7. The van der Waals surface area contributed by atoms with E-state index in [1.807, 2.05) is 6.92 Å². The summed E-state index contributed by atoms with van der Waals surface area (Å²) in [6, 6.07) is 0. The second kappa shape index (κ2) is 24.1. The van der Waals surface area contributed by atoms with E-state index in [2.05, 4.69) is 0 Å². The molecule has 4 saturated heterocycles. The predicted molar refractivity (Wildman–Crippen MR) is 355 cm³/mol. The number of nitrogens with two attached hydrogens (primary N) is 3. The molecule has 25 heteroatoms. The van der Waals surface area contributed by atoms with Gasteiger partial charge in [0.1, 0.15) is 50.3 Å². The van der Waals surface area contributed by atoms with Crippen molar-refractivity contribution in [1.29, 1.82) is 0 Å². The van der Waals surface area contributed by atoms with Crippen LogP contribution in [0.3, 0.4) is 0 Å². The van der Waals surface area contributed by atoms with Crippen LogP contribution in [0.1, 0.15) is 185 Å². The van der Waals surface area contributed by atoms with Crippen LogP contribution in [0.4, 0.5) is 0 Å². The summed E-state index contributed by atoms with van der Waals surface area (Å²) < 4.78 is 53.1. The largest absolute Gasteiger partial charge is 0.442 e. The number of aliphatic hydroxyl groups is 10. The molecule has 0 aromatic heterocycles. The van der Waals surface area contributed by atoms with Crippen LogP contribution < -0.4 is 17.2 Å². The van der Waals surface area contributed by atoms with Gasteiger partial charge in [0.05, 0.1) is 127 Å². The molecule has 0 aromatic rings. The van der Waals surface area contributed by atoms with Crippen LogP contribution in [0.25, 0.3) is 0 Å². The van der Waals surface area contributed by atoms with Crippen molar-refractivity contribution < 1.29 is 103 Å². The normalized spacial score (nSPS) is 50.5. The zero-order valence-electron chi connectivity index (χ0n) is 61.4. The van der Waals surface area contributed by atoms with Gasteiger partial charge in [-0.05, 0) is 162 Å². The Morgan fingerprint density at radius 2 is 0.917 bits per heavy atom.